The second kappa shape index (κ2) is 16.0. The summed E-state index contributed by atoms with van der Waals surface area (Å²) in [6.45, 7) is 0. The van der Waals surface area contributed by atoms with Crippen molar-refractivity contribution in [1.82, 2.24) is 0 Å². The topological polar surface area (TPSA) is 23.8 Å². The normalized spacial score (nSPS) is 1.60. The van der Waals surface area contributed by atoms with Crippen molar-refractivity contribution in [3.05, 3.63) is 0 Å². The molecule has 0 N–H and O–H groups in total. The predicted octanol–water partition coefficient (Wildman–Crippen LogP) is -0.637. The number of hydrogen-bond acceptors (Lipinski definition) is 1. The van der Waals surface area contributed by atoms with Crippen molar-refractivity contribution >= 4 is 51.4 Å². The molecule has 0 saturated heterocycles. The first-order valence-corrected chi connectivity index (χ1v) is 0.952. The molecule has 0 rings (SSSR count). The zero-order chi connectivity index (χ0) is 2.71. The maximum atomic E-state index is 7.21. The van der Waals surface area contributed by atoms with Crippen LogP contribution in [-0.2, 0) is 43.3 Å². The third kappa shape index (κ3) is 20.8. The van der Waals surface area contributed by atoms with Gasteiger partial charge in [-0.05, 0) is 0 Å². The number of nitriles is 1. The third-order valence-electron chi connectivity index (χ3n) is 0. The molecule has 0 atom stereocenters. The summed E-state index contributed by atoms with van der Waals surface area (Å²) in [6.07, 6.45) is 0. The van der Waals surface area contributed by atoms with E-state index in [1.54, 1.807) is 0 Å². The van der Waals surface area contributed by atoms with E-state index in [9.17, 15) is 0 Å². The van der Waals surface area contributed by atoms with Gasteiger partial charge in [-0.3, -0.25) is 0 Å². The van der Waals surface area contributed by atoms with Gasteiger partial charge >= 0.3 is 77.6 Å². The number of nitrogens with zero attached hydrogens (tertiary/aromatic N) is 1. The fraction of sp³-hybridized carbons (Fsp3) is 0. The van der Waals surface area contributed by atoms with E-state index in [1.807, 2.05) is 0 Å². The van der Waals surface area contributed by atoms with Crippen LogP contribution in [0, 0.1) is 10.2 Å². The van der Waals surface area contributed by atoms with Gasteiger partial charge in [-0.15, -0.1) is 0 Å². The van der Waals surface area contributed by atoms with Crippen LogP contribution in [0.2, 0.25) is 0 Å². The molecule has 0 aromatic rings. The molecule has 0 fully saturated rings. The Morgan fingerprint density at radius 2 is 1.60 bits per heavy atom. The average molecular weight is 234 g/mol. The molecule has 5 heavy (non-hydrogen) atoms. The van der Waals surface area contributed by atoms with Crippen LogP contribution >= 0.6 is 0 Å². The standard InChI is InChI=1S/CN.Cd.Fe.K.H/c1-2;;;;. The van der Waals surface area contributed by atoms with Gasteiger partial charge in [0.1, 0.15) is 0 Å². The molecule has 0 aromatic carbocycles. The summed E-state index contributed by atoms with van der Waals surface area (Å²) in [7, 11) is 0. The maximum absolute atomic E-state index is 7.21. The molecular weight excluding hydrogens is 233 g/mol. The first kappa shape index (κ1) is 15.6. The zero-order valence-corrected chi connectivity index (χ0v) is 7.15. The Bertz CT molecular complexity index is 33.1. The summed E-state index contributed by atoms with van der Waals surface area (Å²) in [5.74, 6) is 0. The average Bonchev–Trinajstić information content (AvgIpc) is 0.918. The van der Waals surface area contributed by atoms with Crippen molar-refractivity contribution < 1.29 is 43.3 Å². The van der Waals surface area contributed by atoms with Crippen molar-refractivity contribution in [3.63, 3.8) is 0 Å². The number of hydrogen-bond donors (Lipinski definition) is 0. The van der Waals surface area contributed by atoms with Gasteiger partial charge in [-0.1, -0.05) is 0 Å². The molecule has 0 aliphatic heterocycles. The minimum atomic E-state index is 0. The van der Waals surface area contributed by atoms with E-state index < -0.39 is 0 Å². The first-order valence-electron chi connectivity index (χ1n) is 0.400. The van der Waals surface area contributed by atoms with Crippen LogP contribution in [0.15, 0.2) is 0 Å². The van der Waals surface area contributed by atoms with Crippen molar-refractivity contribution in [3.8, 4) is 4.97 Å². The van der Waals surface area contributed by atoms with E-state index in [4.69, 9.17) is 5.26 Å². The molecular formula is CHCdFeKN. The monoisotopic (exact) mass is 236 g/mol. The van der Waals surface area contributed by atoms with E-state index in [-0.39, 0.29) is 78.7 Å². The summed E-state index contributed by atoms with van der Waals surface area (Å²) in [6, 6.07) is 0. The van der Waals surface area contributed by atoms with Crippen LogP contribution in [0.25, 0.3) is 0 Å². The summed E-state index contributed by atoms with van der Waals surface area (Å²) in [5.41, 5.74) is 0. The first-order chi connectivity index (χ1) is 1.41. The second-order valence-corrected chi connectivity index (χ2v) is 0.326. The molecule has 0 amide bonds. The SMILES string of the molecule is N#[C][Fe].[Cd].[KH]. The Morgan fingerprint density at radius 1 is 1.60 bits per heavy atom. The van der Waals surface area contributed by atoms with Gasteiger partial charge in [-0.25, -0.2) is 0 Å². The van der Waals surface area contributed by atoms with Crippen LogP contribution in [0.4, 0.5) is 0 Å². The van der Waals surface area contributed by atoms with E-state index in [0.29, 0.717) is 0 Å². The molecule has 0 spiro atoms. The van der Waals surface area contributed by atoms with Crippen LogP contribution in [0.3, 0.4) is 0 Å². The Morgan fingerprint density at radius 3 is 1.60 bits per heavy atom. The Labute approximate surface area is 102 Å². The third-order valence-corrected chi connectivity index (χ3v) is 0. The summed E-state index contributed by atoms with van der Waals surface area (Å²) in [4.78, 5) is 1.50. The van der Waals surface area contributed by atoms with Gasteiger partial charge in [0.15, 0.2) is 0 Å². The van der Waals surface area contributed by atoms with Gasteiger partial charge in [0.2, 0.25) is 0 Å². The van der Waals surface area contributed by atoms with Gasteiger partial charge in [-0.2, -0.15) is 0 Å². The fourth-order valence-electron chi connectivity index (χ4n) is 0. The van der Waals surface area contributed by atoms with E-state index in [0.717, 1.165) is 0 Å². The quantitative estimate of drug-likeness (QED) is 0.512. The molecule has 4 heteroatoms. The second-order valence-electron chi connectivity index (χ2n) is 0.0791. The van der Waals surface area contributed by atoms with Crippen molar-refractivity contribution in [2.24, 2.45) is 0 Å². The molecule has 0 radical (unpaired) electrons. The van der Waals surface area contributed by atoms with Gasteiger partial charge in [0, 0.05) is 27.3 Å². The number of rotatable bonds is 0. The summed E-state index contributed by atoms with van der Waals surface area (Å²) >= 11 is 2.79. The Kier molecular flexibility index (Phi) is 50.1. The van der Waals surface area contributed by atoms with E-state index >= 15 is 0 Å². The minimum absolute atomic E-state index is 0. The summed E-state index contributed by atoms with van der Waals surface area (Å²) in [5, 5.41) is 7.21. The van der Waals surface area contributed by atoms with Gasteiger partial charge in [0.25, 0.3) is 0 Å². The van der Waals surface area contributed by atoms with E-state index in [2.05, 4.69) is 16.0 Å². The molecule has 1 nitrogen and oxygen atoms in total. The van der Waals surface area contributed by atoms with Crippen molar-refractivity contribution in [2.45, 2.75) is 0 Å². The Balaban J connectivity index is -0.0000000200. The zero-order valence-electron chi connectivity index (χ0n) is 2.01. The Hall–Kier alpha value is 2.57. The van der Waals surface area contributed by atoms with Crippen LogP contribution < -0.4 is 0 Å². The van der Waals surface area contributed by atoms with Crippen LogP contribution in [0.5, 0.6) is 0 Å². The van der Waals surface area contributed by atoms with Crippen LogP contribution in [-0.4, -0.2) is 51.4 Å². The fourth-order valence-corrected chi connectivity index (χ4v) is 0. The molecule has 0 unspecified atom stereocenters. The molecule has 0 saturated carbocycles. The van der Waals surface area contributed by atoms with Gasteiger partial charge < -0.3 is 0 Å². The molecule has 0 aliphatic carbocycles. The van der Waals surface area contributed by atoms with Crippen molar-refractivity contribution in [1.29, 1.82) is 5.26 Å². The molecule has 0 aliphatic rings. The molecule has 0 aromatic heterocycles. The molecule has 0 heterocycles. The van der Waals surface area contributed by atoms with Crippen molar-refractivity contribution in [2.75, 3.05) is 0 Å². The van der Waals surface area contributed by atoms with Crippen LogP contribution in [0.1, 0.15) is 0 Å². The van der Waals surface area contributed by atoms with Gasteiger partial charge in [0.05, 0.1) is 0 Å². The van der Waals surface area contributed by atoms with E-state index in [1.165, 1.54) is 4.97 Å². The molecule has 0 bridgehead atoms. The summed E-state index contributed by atoms with van der Waals surface area (Å²) < 4.78 is 0. The molecule has 21 valence electrons. The predicted molar refractivity (Wildman–Crippen MR) is 12.8 cm³/mol.